The van der Waals surface area contributed by atoms with Crippen LogP contribution in [0.15, 0.2) is 16.6 Å². The van der Waals surface area contributed by atoms with E-state index in [-0.39, 0.29) is 12.3 Å². The Balaban J connectivity index is 2.94. The number of nitrogens with two attached hydrogens (primary N) is 1. The number of hydrogen-bond donors (Lipinski definition) is 1. The lowest BCUT2D eigenvalue weighted by Gasteiger charge is -2.15. The van der Waals surface area contributed by atoms with Gasteiger partial charge in [0, 0.05) is 16.6 Å². The van der Waals surface area contributed by atoms with Crippen molar-refractivity contribution < 1.29 is 17.9 Å². The van der Waals surface area contributed by atoms with Crippen LogP contribution in [0.2, 0.25) is 0 Å². The maximum absolute atomic E-state index is 12.0. The second-order valence-corrected chi connectivity index (χ2v) is 4.23. The third-order valence-corrected chi connectivity index (χ3v) is 2.37. The number of alkyl halides is 3. The highest BCUT2D eigenvalue weighted by Crippen LogP contribution is 2.29. The van der Waals surface area contributed by atoms with Crippen LogP contribution in [0.25, 0.3) is 0 Å². The molecule has 0 aliphatic heterocycles. The summed E-state index contributed by atoms with van der Waals surface area (Å²) in [5, 5.41) is 0. The molecule has 0 spiro atoms. The highest BCUT2D eigenvalue weighted by Gasteiger charge is 2.29. The van der Waals surface area contributed by atoms with Crippen LogP contribution in [0.1, 0.15) is 11.1 Å². The molecule has 0 saturated carbocycles. The fourth-order valence-electron chi connectivity index (χ4n) is 1.31. The molecule has 0 aliphatic rings. The van der Waals surface area contributed by atoms with E-state index in [2.05, 4.69) is 15.9 Å². The zero-order valence-corrected chi connectivity index (χ0v) is 10.2. The molecule has 0 fully saturated rings. The highest BCUT2D eigenvalue weighted by atomic mass is 79.9. The Kier molecular flexibility index (Phi) is 4.21. The number of rotatable bonds is 3. The summed E-state index contributed by atoms with van der Waals surface area (Å²) in [5.41, 5.74) is 6.62. The molecule has 0 saturated heterocycles. The first-order valence-electron chi connectivity index (χ1n) is 4.52. The first kappa shape index (κ1) is 13.3. The molecule has 0 radical (unpaired) electrons. The lowest BCUT2D eigenvalue weighted by molar-refractivity contribution is -0.153. The number of aryl methyl sites for hydroxylation is 1. The first-order chi connectivity index (χ1) is 7.33. The first-order valence-corrected chi connectivity index (χ1v) is 5.31. The summed E-state index contributed by atoms with van der Waals surface area (Å²) in [6.07, 6.45) is -4.34. The summed E-state index contributed by atoms with van der Waals surface area (Å²) in [7, 11) is 0. The molecule has 6 heteroatoms. The smallest absolute Gasteiger partial charge is 0.422 e. The second-order valence-electron chi connectivity index (χ2n) is 3.32. The summed E-state index contributed by atoms with van der Waals surface area (Å²) in [6, 6.07) is 3.34. The lowest BCUT2D eigenvalue weighted by atomic mass is 10.1. The Morgan fingerprint density at radius 3 is 2.50 bits per heavy atom. The van der Waals surface area contributed by atoms with E-state index in [9.17, 15) is 13.2 Å². The van der Waals surface area contributed by atoms with Crippen LogP contribution in [0.3, 0.4) is 0 Å². The van der Waals surface area contributed by atoms with E-state index in [0.717, 1.165) is 4.47 Å². The van der Waals surface area contributed by atoms with E-state index in [0.29, 0.717) is 11.1 Å². The van der Waals surface area contributed by atoms with Crippen LogP contribution in [0, 0.1) is 6.92 Å². The van der Waals surface area contributed by atoms with Gasteiger partial charge >= 0.3 is 6.18 Å². The molecule has 90 valence electrons. The monoisotopic (exact) mass is 297 g/mol. The van der Waals surface area contributed by atoms with Gasteiger partial charge in [0.15, 0.2) is 6.61 Å². The van der Waals surface area contributed by atoms with Gasteiger partial charge in [0.25, 0.3) is 0 Å². The van der Waals surface area contributed by atoms with Crippen molar-refractivity contribution in [1.82, 2.24) is 0 Å². The Bertz CT molecular complexity index is 379. The minimum absolute atomic E-state index is 0.132. The minimum Gasteiger partial charge on any atom is -0.484 e. The van der Waals surface area contributed by atoms with Crippen molar-refractivity contribution >= 4 is 15.9 Å². The van der Waals surface area contributed by atoms with Gasteiger partial charge in [-0.3, -0.25) is 0 Å². The molecule has 0 unspecified atom stereocenters. The standard InChI is InChI=1S/C10H11BrF3NO/c1-6-2-8(11)3-7(4-15)9(6)16-5-10(12,13)14/h2-3H,4-5,15H2,1H3. The van der Waals surface area contributed by atoms with Gasteiger partial charge in [-0.2, -0.15) is 13.2 Å². The van der Waals surface area contributed by atoms with Crippen LogP contribution >= 0.6 is 15.9 Å². The molecule has 0 bridgehead atoms. The average Bonchev–Trinajstić information content (AvgIpc) is 2.13. The maximum atomic E-state index is 12.0. The summed E-state index contributed by atoms with van der Waals surface area (Å²) in [5.74, 6) is 0.211. The van der Waals surface area contributed by atoms with Crippen molar-refractivity contribution in [3.8, 4) is 5.75 Å². The van der Waals surface area contributed by atoms with Crippen LogP contribution in [0.4, 0.5) is 13.2 Å². The van der Waals surface area contributed by atoms with E-state index in [4.69, 9.17) is 10.5 Å². The number of benzene rings is 1. The number of ether oxygens (including phenoxy) is 1. The number of hydrogen-bond acceptors (Lipinski definition) is 2. The Hall–Kier alpha value is -0.750. The molecule has 1 aromatic rings. The second kappa shape index (κ2) is 5.05. The van der Waals surface area contributed by atoms with Gasteiger partial charge in [0.1, 0.15) is 5.75 Å². The molecule has 16 heavy (non-hydrogen) atoms. The third-order valence-electron chi connectivity index (χ3n) is 1.92. The normalized spacial score (nSPS) is 11.6. The van der Waals surface area contributed by atoms with Gasteiger partial charge in [-0.1, -0.05) is 15.9 Å². The van der Waals surface area contributed by atoms with Crippen molar-refractivity contribution in [3.63, 3.8) is 0 Å². The molecule has 0 amide bonds. The SMILES string of the molecule is Cc1cc(Br)cc(CN)c1OCC(F)(F)F. The summed E-state index contributed by atoms with van der Waals surface area (Å²) in [4.78, 5) is 0. The van der Waals surface area contributed by atoms with Crippen LogP contribution in [0.5, 0.6) is 5.75 Å². The average molecular weight is 298 g/mol. The lowest BCUT2D eigenvalue weighted by Crippen LogP contribution is -2.20. The summed E-state index contributed by atoms with van der Waals surface area (Å²) >= 11 is 3.25. The molecule has 0 aliphatic carbocycles. The molecule has 0 heterocycles. The van der Waals surface area contributed by atoms with E-state index in [1.54, 1.807) is 19.1 Å². The van der Waals surface area contributed by atoms with E-state index in [1.165, 1.54) is 0 Å². The van der Waals surface area contributed by atoms with Gasteiger partial charge < -0.3 is 10.5 Å². The molecule has 1 rings (SSSR count). The Morgan fingerprint density at radius 1 is 1.38 bits per heavy atom. The van der Waals surface area contributed by atoms with Crippen molar-refractivity contribution in [3.05, 3.63) is 27.7 Å². The Labute approximate surface area is 99.7 Å². The quantitative estimate of drug-likeness (QED) is 0.930. The third kappa shape index (κ3) is 3.68. The fraction of sp³-hybridized carbons (Fsp3) is 0.400. The van der Waals surface area contributed by atoms with Crippen molar-refractivity contribution in [2.45, 2.75) is 19.6 Å². The zero-order chi connectivity index (χ0) is 12.3. The molecular weight excluding hydrogens is 287 g/mol. The predicted molar refractivity (Wildman–Crippen MR) is 58.3 cm³/mol. The molecule has 0 atom stereocenters. The van der Waals surface area contributed by atoms with Crippen molar-refractivity contribution in [2.75, 3.05) is 6.61 Å². The Morgan fingerprint density at radius 2 is 2.00 bits per heavy atom. The largest absolute Gasteiger partial charge is 0.484 e. The molecule has 2 N–H and O–H groups in total. The van der Waals surface area contributed by atoms with Crippen molar-refractivity contribution in [1.29, 1.82) is 0 Å². The van der Waals surface area contributed by atoms with E-state index >= 15 is 0 Å². The summed E-state index contributed by atoms with van der Waals surface area (Å²) in [6.45, 7) is 0.506. The zero-order valence-electron chi connectivity index (χ0n) is 8.57. The van der Waals surface area contributed by atoms with Crippen LogP contribution in [-0.2, 0) is 6.54 Å². The molecule has 1 aromatic carbocycles. The van der Waals surface area contributed by atoms with Crippen LogP contribution in [-0.4, -0.2) is 12.8 Å². The van der Waals surface area contributed by atoms with Crippen LogP contribution < -0.4 is 10.5 Å². The number of halogens is 4. The van der Waals surface area contributed by atoms with E-state index in [1.807, 2.05) is 0 Å². The van der Waals surface area contributed by atoms with Crippen molar-refractivity contribution in [2.24, 2.45) is 5.73 Å². The highest BCUT2D eigenvalue weighted by molar-refractivity contribution is 9.10. The van der Waals surface area contributed by atoms with Gasteiger partial charge in [0.05, 0.1) is 0 Å². The topological polar surface area (TPSA) is 35.2 Å². The van der Waals surface area contributed by atoms with Gasteiger partial charge in [-0.05, 0) is 24.6 Å². The fourth-order valence-corrected chi connectivity index (χ4v) is 1.93. The molecule has 0 aromatic heterocycles. The van der Waals surface area contributed by atoms with Gasteiger partial charge in [0.2, 0.25) is 0 Å². The minimum atomic E-state index is -4.34. The van der Waals surface area contributed by atoms with Gasteiger partial charge in [-0.25, -0.2) is 0 Å². The maximum Gasteiger partial charge on any atom is 0.422 e. The van der Waals surface area contributed by atoms with E-state index < -0.39 is 12.8 Å². The summed E-state index contributed by atoms with van der Waals surface area (Å²) < 4.78 is 41.6. The predicted octanol–water partition coefficient (Wildman–Crippen LogP) is 3.16. The van der Waals surface area contributed by atoms with Gasteiger partial charge in [-0.15, -0.1) is 0 Å². The molecule has 2 nitrogen and oxygen atoms in total. The molecular formula is C10H11BrF3NO.